The summed E-state index contributed by atoms with van der Waals surface area (Å²) in [7, 11) is 0. The first-order chi connectivity index (χ1) is 6.18. The minimum absolute atomic E-state index is 0.440. The van der Waals surface area contributed by atoms with Gasteiger partial charge >= 0.3 is 5.97 Å². The van der Waals surface area contributed by atoms with Crippen molar-refractivity contribution in [3.8, 4) is 0 Å². The molecule has 0 aromatic heterocycles. The van der Waals surface area contributed by atoms with Gasteiger partial charge in [-0.1, -0.05) is 13.0 Å². The molecular formula is C10H19NO2. The summed E-state index contributed by atoms with van der Waals surface area (Å²) < 4.78 is 0. The number of hydrogen-bond acceptors (Lipinski definition) is 2. The highest BCUT2D eigenvalue weighted by molar-refractivity contribution is 5.85. The van der Waals surface area contributed by atoms with Crippen molar-refractivity contribution < 1.29 is 9.90 Å². The van der Waals surface area contributed by atoms with Gasteiger partial charge in [-0.3, -0.25) is 0 Å². The van der Waals surface area contributed by atoms with E-state index >= 15 is 0 Å². The molecule has 0 aliphatic carbocycles. The van der Waals surface area contributed by atoms with Gasteiger partial charge in [0.05, 0.1) is 0 Å². The van der Waals surface area contributed by atoms with Crippen molar-refractivity contribution in [1.29, 1.82) is 0 Å². The lowest BCUT2D eigenvalue weighted by atomic mass is 10.2. The number of carbonyl (C=O) groups is 1. The number of allylic oxidation sites excluding steroid dienone is 1. The number of aliphatic carboxylic acids is 1. The fourth-order valence-corrected chi connectivity index (χ4v) is 0.935. The second-order valence-corrected chi connectivity index (χ2v) is 3.08. The summed E-state index contributed by atoms with van der Waals surface area (Å²) >= 11 is 0. The molecule has 0 aromatic carbocycles. The third-order valence-electron chi connectivity index (χ3n) is 1.77. The molecule has 0 fully saturated rings. The molecule has 0 amide bonds. The van der Waals surface area contributed by atoms with Crippen LogP contribution in [-0.4, -0.2) is 24.2 Å². The lowest BCUT2D eigenvalue weighted by Gasteiger charge is -2.00. The minimum atomic E-state index is -0.818. The number of carboxylic acids is 1. The van der Waals surface area contributed by atoms with E-state index in [1.165, 1.54) is 0 Å². The summed E-state index contributed by atoms with van der Waals surface area (Å²) in [5.74, 6) is -0.818. The quantitative estimate of drug-likeness (QED) is 0.469. The summed E-state index contributed by atoms with van der Waals surface area (Å²) in [6.07, 6.45) is 4.76. The molecule has 0 saturated heterocycles. The predicted molar refractivity (Wildman–Crippen MR) is 53.8 cm³/mol. The zero-order valence-corrected chi connectivity index (χ0v) is 8.47. The van der Waals surface area contributed by atoms with Gasteiger partial charge in [0, 0.05) is 5.57 Å². The molecule has 0 atom stereocenters. The van der Waals surface area contributed by atoms with Gasteiger partial charge in [0.1, 0.15) is 0 Å². The van der Waals surface area contributed by atoms with Crippen LogP contribution in [0.15, 0.2) is 11.6 Å². The van der Waals surface area contributed by atoms with E-state index < -0.39 is 5.97 Å². The Kier molecular flexibility index (Phi) is 7.30. The van der Waals surface area contributed by atoms with Crippen LogP contribution >= 0.6 is 0 Å². The molecule has 0 rings (SSSR count). The molecule has 0 unspecified atom stereocenters. The van der Waals surface area contributed by atoms with Crippen molar-refractivity contribution in [2.75, 3.05) is 13.1 Å². The molecule has 0 aliphatic rings. The largest absolute Gasteiger partial charge is 0.478 e. The van der Waals surface area contributed by atoms with E-state index in [9.17, 15) is 4.79 Å². The third kappa shape index (κ3) is 7.53. The normalized spacial score (nSPS) is 11.7. The van der Waals surface area contributed by atoms with Gasteiger partial charge in [0.2, 0.25) is 0 Å². The highest BCUT2D eigenvalue weighted by Gasteiger charge is 1.97. The molecule has 76 valence electrons. The van der Waals surface area contributed by atoms with E-state index in [1.54, 1.807) is 13.0 Å². The highest BCUT2D eigenvalue weighted by Crippen LogP contribution is 1.97. The Bertz CT molecular complexity index is 176. The molecule has 0 saturated carbocycles. The zero-order chi connectivity index (χ0) is 10.1. The van der Waals surface area contributed by atoms with E-state index in [-0.39, 0.29) is 0 Å². The maximum atomic E-state index is 10.4. The number of rotatable bonds is 7. The van der Waals surface area contributed by atoms with Crippen LogP contribution in [0.3, 0.4) is 0 Å². The Hall–Kier alpha value is -0.830. The van der Waals surface area contributed by atoms with Crippen LogP contribution in [0, 0.1) is 0 Å². The molecule has 0 aliphatic heterocycles. The lowest BCUT2D eigenvalue weighted by Crippen LogP contribution is -2.15. The SMILES string of the molecule is CCCNCCCC=C(C)C(=O)O. The van der Waals surface area contributed by atoms with E-state index in [0.29, 0.717) is 5.57 Å². The molecule has 3 heteroatoms. The molecule has 0 radical (unpaired) electrons. The van der Waals surface area contributed by atoms with Gasteiger partial charge in [-0.05, 0) is 39.3 Å². The topological polar surface area (TPSA) is 49.3 Å². The van der Waals surface area contributed by atoms with Gasteiger partial charge in [-0.15, -0.1) is 0 Å². The van der Waals surface area contributed by atoms with Gasteiger partial charge in [-0.25, -0.2) is 4.79 Å². The molecule has 3 nitrogen and oxygen atoms in total. The second-order valence-electron chi connectivity index (χ2n) is 3.08. The molecule has 0 aromatic rings. The fraction of sp³-hybridized carbons (Fsp3) is 0.700. The Balaban J connectivity index is 3.34. The Morgan fingerprint density at radius 2 is 2.15 bits per heavy atom. The zero-order valence-electron chi connectivity index (χ0n) is 8.47. The smallest absolute Gasteiger partial charge is 0.330 e. The highest BCUT2D eigenvalue weighted by atomic mass is 16.4. The van der Waals surface area contributed by atoms with Crippen LogP contribution in [0.5, 0.6) is 0 Å². The van der Waals surface area contributed by atoms with Crippen LogP contribution in [0.2, 0.25) is 0 Å². The third-order valence-corrected chi connectivity index (χ3v) is 1.77. The second kappa shape index (κ2) is 7.80. The molecule has 13 heavy (non-hydrogen) atoms. The fourth-order valence-electron chi connectivity index (χ4n) is 0.935. The van der Waals surface area contributed by atoms with Crippen LogP contribution in [0.25, 0.3) is 0 Å². The summed E-state index contributed by atoms with van der Waals surface area (Å²) in [6.45, 7) is 5.77. The Labute approximate surface area is 79.8 Å². The molecule has 0 spiro atoms. The first kappa shape index (κ1) is 12.2. The molecular weight excluding hydrogens is 166 g/mol. The van der Waals surface area contributed by atoms with Gasteiger partial charge in [0.15, 0.2) is 0 Å². The van der Waals surface area contributed by atoms with E-state index in [4.69, 9.17) is 5.11 Å². The summed E-state index contributed by atoms with van der Waals surface area (Å²) in [5.41, 5.74) is 0.440. The Morgan fingerprint density at radius 1 is 1.46 bits per heavy atom. The first-order valence-electron chi connectivity index (χ1n) is 4.79. The number of nitrogens with one attached hydrogen (secondary N) is 1. The van der Waals surface area contributed by atoms with E-state index in [2.05, 4.69) is 12.2 Å². The van der Waals surface area contributed by atoms with Crippen LogP contribution in [-0.2, 0) is 4.79 Å². The van der Waals surface area contributed by atoms with Crippen molar-refractivity contribution in [3.63, 3.8) is 0 Å². The summed E-state index contributed by atoms with van der Waals surface area (Å²) in [4.78, 5) is 10.4. The van der Waals surface area contributed by atoms with Crippen LogP contribution < -0.4 is 5.32 Å². The molecule has 2 N–H and O–H groups in total. The van der Waals surface area contributed by atoms with Gasteiger partial charge in [0.25, 0.3) is 0 Å². The van der Waals surface area contributed by atoms with E-state index in [0.717, 1.165) is 32.4 Å². The molecule has 0 bridgehead atoms. The number of hydrogen-bond donors (Lipinski definition) is 2. The standard InChI is InChI=1S/C10H19NO2/c1-3-7-11-8-5-4-6-9(2)10(12)13/h6,11H,3-5,7-8H2,1-2H3,(H,12,13). The van der Waals surface area contributed by atoms with E-state index in [1.807, 2.05) is 0 Å². The van der Waals surface area contributed by atoms with Gasteiger partial charge in [-0.2, -0.15) is 0 Å². The summed E-state index contributed by atoms with van der Waals surface area (Å²) in [6, 6.07) is 0. The summed E-state index contributed by atoms with van der Waals surface area (Å²) in [5, 5.41) is 11.8. The Morgan fingerprint density at radius 3 is 2.69 bits per heavy atom. The predicted octanol–water partition coefficient (Wildman–Crippen LogP) is 1.80. The van der Waals surface area contributed by atoms with Crippen LogP contribution in [0.4, 0.5) is 0 Å². The molecule has 0 heterocycles. The average molecular weight is 185 g/mol. The van der Waals surface area contributed by atoms with Crippen molar-refractivity contribution in [2.24, 2.45) is 0 Å². The first-order valence-corrected chi connectivity index (χ1v) is 4.79. The maximum absolute atomic E-state index is 10.4. The lowest BCUT2D eigenvalue weighted by molar-refractivity contribution is -0.132. The monoisotopic (exact) mass is 185 g/mol. The average Bonchev–Trinajstić information content (AvgIpc) is 2.10. The van der Waals surface area contributed by atoms with Crippen molar-refractivity contribution in [2.45, 2.75) is 33.1 Å². The number of carboxylic acid groups (broad SMARTS) is 1. The van der Waals surface area contributed by atoms with Crippen molar-refractivity contribution >= 4 is 5.97 Å². The van der Waals surface area contributed by atoms with Crippen molar-refractivity contribution in [3.05, 3.63) is 11.6 Å². The van der Waals surface area contributed by atoms with Crippen LogP contribution in [0.1, 0.15) is 33.1 Å². The number of unbranched alkanes of at least 4 members (excludes halogenated alkanes) is 1. The minimum Gasteiger partial charge on any atom is -0.478 e. The maximum Gasteiger partial charge on any atom is 0.330 e. The van der Waals surface area contributed by atoms with Gasteiger partial charge < -0.3 is 10.4 Å². The van der Waals surface area contributed by atoms with Crippen molar-refractivity contribution in [1.82, 2.24) is 5.32 Å².